The fourth-order valence-electron chi connectivity index (χ4n) is 2.27. The van der Waals surface area contributed by atoms with Crippen LogP contribution in [0.1, 0.15) is 18.1 Å². The van der Waals surface area contributed by atoms with Gasteiger partial charge in [-0.1, -0.05) is 55.5 Å². The predicted molar refractivity (Wildman–Crippen MR) is 87.4 cm³/mol. The molecule has 110 valence electrons. The minimum Gasteiger partial charge on any atom is -0.326 e. The van der Waals surface area contributed by atoms with Crippen molar-refractivity contribution in [2.24, 2.45) is 5.92 Å². The molecule has 0 fully saturated rings. The number of rotatable bonds is 6. The van der Waals surface area contributed by atoms with Gasteiger partial charge in [0.15, 0.2) is 0 Å². The van der Waals surface area contributed by atoms with E-state index in [4.69, 9.17) is 0 Å². The summed E-state index contributed by atoms with van der Waals surface area (Å²) >= 11 is 0. The van der Waals surface area contributed by atoms with E-state index in [9.17, 15) is 4.79 Å². The third-order valence-electron chi connectivity index (χ3n) is 3.47. The lowest BCUT2D eigenvalue weighted by Crippen LogP contribution is -2.28. The van der Waals surface area contributed by atoms with E-state index in [0.717, 1.165) is 17.7 Å². The third-order valence-corrected chi connectivity index (χ3v) is 3.47. The summed E-state index contributed by atoms with van der Waals surface area (Å²) in [7, 11) is 1.85. The minimum atomic E-state index is -0.0558. The second-order valence-electron chi connectivity index (χ2n) is 5.27. The molecule has 0 spiro atoms. The molecule has 0 aliphatic heterocycles. The van der Waals surface area contributed by atoms with E-state index in [1.807, 2.05) is 50.4 Å². The van der Waals surface area contributed by atoms with Crippen molar-refractivity contribution in [2.45, 2.75) is 13.3 Å². The van der Waals surface area contributed by atoms with Crippen LogP contribution in [-0.2, 0) is 11.2 Å². The third kappa shape index (κ3) is 4.43. The normalized spacial score (nSPS) is 11.9. The van der Waals surface area contributed by atoms with Gasteiger partial charge >= 0.3 is 0 Å². The zero-order valence-electron chi connectivity index (χ0n) is 12.6. The maximum atomic E-state index is 12.2. The van der Waals surface area contributed by atoms with Gasteiger partial charge < -0.3 is 10.6 Å². The molecule has 2 rings (SSSR count). The van der Waals surface area contributed by atoms with E-state index < -0.39 is 0 Å². The smallest absolute Gasteiger partial charge is 0.228 e. The zero-order chi connectivity index (χ0) is 15.1. The summed E-state index contributed by atoms with van der Waals surface area (Å²) in [6, 6.07) is 18.3. The van der Waals surface area contributed by atoms with Crippen LogP contribution < -0.4 is 10.6 Å². The number of amides is 1. The largest absolute Gasteiger partial charge is 0.326 e. The van der Waals surface area contributed by atoms with E-state index in [2.05, 4.69) is 28.8 Å². The average Bonchev–Trinajstić information content (AvgIpc) is 2.50. The van der Waals surface area contributed by atoms with Gasteiger partial charge in [0.2, 0.25) is 5.91 Å². The van der Waals surface area contributed by atoms with Crippen molar-refractivity contribution < 1.29 is 4.79 Å². The number of anilines is 1. The number of nitrogens with one attached hydrogen (secondary N) is 2. The lowest BCUT2D eigenvalue weighted by molar-refractivity contribution is -0.119. The highest BCUT2D eigenvalue weighted by molar-refractivity contribution is 5.93. The number of hydrogen-bond acceptors (Lipinski definition) is 2. The Morgan fingerprint density at radius 1 is 1.05 bits per heavy atom. The Labute approximate surface area is 126 Å². The molecular formula is C18H22N2O. The molecule has 3 heteroatoms. The molecule has 2 aromatic carbocycles. The van der Waals surface area contributed by atoms with Crippen molar-refractivity contribution in [1.29, 1.82) is 0 Å². The number of hydrogen-bond donors (Lipinski definition) is 2. The van der Waals surface area contributed by atoms with Gasteiger partial charge in [-0.2, -0.15) is 0 Å². The van der Waals surface area contributed by atoms with E-state index in [0.29, 0.717) is 6.54 Å². The summed E-state index contributed by atoms with van der Waals surface area (Å²) < 4.78 is 0. The Bertz CT molecular complexity index is 581. The minimum absolute atomic E-state index is 0.0462. The summed E-state index contributed by atoms with van der Waals surface area (Å²) in [5, 5.41) is 6.06. The predicted octanol–water partition coefficient (Wildman–Crippen LogP) is 3.07. The molecule has 21 heavy (non-hydrogen) atoms. The standard InChI is InChI=1S/C18H22N2O/c1-14(13-19-2)18(21)20-17-11-7-6-10-16(17)12-15-8-4-3-5-9-15/h3-11,14,19H,12-13H2,1-2H3,(H,20,21). The number of para-hydroxylation sites is 1. The number of benzene rings is 2. The van der Waals surface area contributed by atoms with Gasteiger partial charge in [0.25, 0.3) is 0 Å². The van der Waals surface area contributed by atoms with Crippen molar-refractivity contribution in [3.05, 3.63) is 65.7 Å². The van der Waals surface area contributed by atoms with Gasteiger partial charge in [-0.25, -0.2) is 0 Å². The molecule has 0 aromatic heterocycles. The molecule has 2 aromatic rings. The Morgan fingerprint density at radius 2 is 1.71 bits per heavy atom. The topological polar surface area (TPSA) is 41.1 Å². The van der Waals surface area contributed by atoms with Crippen LogP contribution in [0.25, 0.3) is 0 Å². The van der Waals surface area contributed by atoms with E-state index in [1.54, 1.807) is 0 Å². The van der Waals surface area contributed by atoms with Gasteiger partial charge in [0.05, 0.1) is 0 Å². The van der Waals surface area contributed by atoms with Crippen LogP contribution in [0.4, 0.5) is 5.69 Å². The first kappa shape index (κ1) is 15.3. The van der Waals surface area contributed by atoms with Crippen molar-refractivity contribution in [2.75, 3.05) is 18.9 Å². The van der Waals surface area contributed by atoms with Crippen molar-refractivity contribution in [1.82, 2.24) is 5.32 Å². The molecule has 2 N–H and O–H groups in total. The monoisotopic (exact) mass is 282 g/mol. The van der Waals surface area contributed by atoms with Crippen LogP contribution in [0.2, 0.25) is 0 Å². The first-order chi connectivity index (χ1) is 10.2. The fraction of sp³-hybridized carbons (Fsp3) is 0.278. The zero-order valence-corrected chi connectivity index (χ0v) is 12.6. The van der Waals surface area contributed by atoms with Gasteiger partial charge in [-0.3, -0.25) is 4.79 Å². The summed E-state index contributed by atoms with van der Waals surface area (Å²) in [5.74, 6) is -0.00959. The van der Waals surface area contributed by atoms with Crippen LogP contribution in [-0.4, -0.2) is 19.5 Å². The highest BCUT2D eigenvalue weighted by Gasteiger charge is 2.13. The van der Waals surface area contributed by atoms with Gasteiger partial charge in [-0.05, 0) is 30.7 Å². The molecule has 1 atom stereocenters. The Balaban J connectivity index is 2.12. The Kier molecular flexibility index (Phi) is 5.52. The van der Waals surface area contributed by atoms with Crippen LogP contribution in [0, 0.1) is 5.92 Å². The molecule has 3 nitrogen and oxygen atoms in total. The lowest BCUT2D eigenvalue weighted by atomic mass is 10.0. The molecule has 0 radical (unpaired) electrons. The molecule has 1 unspecified atom stereocenters. The van der Waals surface area contributed by atoms with Crippen LogP contribution in [0.15, 0.2) is 54.6 Å². The molecule has 0 aliphatic rings. The Hall–Kier alpha value is -2.13. The first-order valence-electron chi connectivity index (χ1n) is 7.28. The lowest BCUT2D eigenvalue weighted by Gasteiger charge is -2.14. The fourth-order valence-corrected chi connectivity index (χ4v) is 2.27. The molecular weight excluding hydrogens is 260 g/mol. The maximum Gasteiger partial charge on any atom is 0.228 e. The second-order valence-corrected chi connectivity index (χ2v) is 5.27. The molecule has 0 saturated heterocycles. The van der Waals surface area contributed by atoms with Gasteiger partial charge in [0.1, 0.15) is 0 Å². The SMILES string of the molecule is CNCC(C)C(=O)Nc1ccccc1Cc1ccccc1. The summed E-state index contributed by atoms with van der Waals surface area (Å²) in [6.07, 6.45) is 0.817. The van der Waals surface area contributed by atoms with E-state index in [1.165, 1.54) is 5.56 Å². The highest BCUT2D eigenvalue weighted by atomic mass is 16.1. The molecule has 0 saturated carbocycles. The summed E-state index contributed by atoms with van der Waals surface area (Å²) in [6.45, 7) is 2.60. The first-order valence-corrected chi connectivity index (χ1v) is 7.28. The quantitative estimate of drug-likeness (QED) is 0.855. The van der Waals surface area contributed by atoms with Crippen molar-refractivity contribution in [3.8, 4) is 0 Å². The van der Waals surface area contributed by atoms with E-state index in [-0.39, 0.29) is 11.8 Å². The van der Waals surface area contributed by atoms with Crippen LogP contribution >= 0.6 is 0 Å². The van der Waals surface area contributed by atoms with Crippen molar-refractivity contribution in [3.63, 3.8) is 0 Å². The average molecular weight is 282 g/mol. The van der Waals surface area contributed by atoms with E-state index >= 15 is 0 Å². The second kappa shape index (κ2) is 7.60. The highest BCUT2D eigenvalue weighted by Crippen LogP contribution is 2.19. The maximum absolute atomic E-state index is 12.2. The van der Waals surface area contributed by atoms with Crippen molar-refractivity contribution >= 4 is 11.6 Å². The number of carbonyl (C=O) groups is 1. The number of carbonyl (C=O) groups excluding carboxylic acids is 1. The summed E-state index contributed by atoms with van der Waals surface area (Å²) in [5.41, 5.74) is 3.27. The van der Waals surface area contributed by atoms with Gasteiger partial charge in [-0.15, -0.1) is 0 Å². The Morgan fingerprint density at radius 3 is 2.43 bits per heavy atom. The summed E-state index contributed by atoms with van der Waals surface area (Å²) in [4.78, 5) is 12.2. The molecule has 0 heterocycles. The van der Waals surface area contributed by atoms with Crippen LogP contribution in [0.3, 0.4) is 0 Å². The molecule has 0 aliphatic carbocycles. The molecule has 1 amide bonds. The molecule has 0 bridgehead atoms. The van der Waals surface area contributed by atoms with Crippen LogP contribution in [0.5, 0.6) is 0 Å². The van der Waals surface area contributed by atoms with Gasteiger partial charge in [0, 0.05) is 18.2 Å².